The zero-order valence-corrected chi connectivity index (χ0v) is 13.6. The lowest BCUT2D eigenvalue weighted by atomic mass is 9.92. The maximum absolute atomic E-state index is 5.73. The molecule has 1 aromatic carbocycles. The summed E-state index contributed by atoms with van der Waals surface area (Å²) in [5.74, 6) is 0.654. The van der Waals surface area contributed by atoms with Gasteiger partial charge in [-0.2, -0.15) is 0 Å². The molecule has 3 rings (SSSR count). The number of nitrogens with two attached hydrogens (primary N) is 1. The lowest BCUT2D eigenvalue weighted by molar-refractivity contribution is 0.221. The van der Waals surface area contributed by atoms with E-state index >= 15 is 0 Å². The third-order valence-corrected chi connectivity index (χ3v) is 5.34. The van der Waals surface area contributed by atoms with Gasteiger partial charge in [-0.05, 0) is 38.3 Å². The largest absolute Gasteiger partial charge is 0.375 e. The topological polar surface area (TPSA) is 42.2 Å². The van der Waals surface area contributed by atoms with E-state index in [4.69, 9.17) is 5.73 Å². The van der Waals surface area contributed by atoms with Crippen LogP contribution in [0.1, 0.15) is 41.2 Å². The fourth-order valence-electron chi connectivity index (χ4n) is 3.43. The number of thiazole rings is 1. The number of likely N-dealkylation sites (N-methyl/N-ethyl adjacent to an activating group) is 1. The Kier molecular flexibility index (Phi) is 4.27. The predicted octanol–water partition coefficient (Wildman–Crippen LogP) is 3.80. The van der Waals surface area contributed by atoms with Crippen LogP contribution in [-0.4, -0.2) is 23.0 Å². The van der Waals surface area contributed by atoms with Gasteiger partial charge in [0.15, 0.2) is 5.13 Å². The molecule has 2 unspecified atom stereocenters. The van der Waals surface area contributed by atoms with E-state index < -0.39 is 0 Å². The zero-order chi connectivity index (χ0) is 14.8. The Hall–Kier alpha value is -1.39. The van der Waals surface area contributed by atoms with Crippen molar-refractivity contribution < 1.29 is 0 Å². The Morgan fingerprint density at radius 1 is 1.29 bits per heavy atom. The zero-order valence-electron chi connectivity index (χ0n) is 12.7. The molecule has 0 aliphatic heterocycles. The van der Waals surface area contributed by atoms with Gasteiger partial charge in [-0.25, -0.2) is 4.98 Å². The average molecular weight is 301 g/mol. The maximum Gasteiger partial charge on any atom is 0.180 e. The molecule has 1 saturated carbocycles. The van der Waals surface area contributed by atoms with Gasteiger partial charge in [0.1, 0.15) is 0 Å². The molecular weight excluding hydrogens is 278 g/mol. The Morgan fingerprint density at radius 3 is 2.71 bits per heavy atom. The van der Waals surface area contributed by atoms with E-state index in [1.807, 2.05) is 6.20 Å². The number of benzene rings is 1. The third-order valence-electron chi connectivity index (χ3n) is 4.53. The number of nitrogens with zero attached hydrogens (tertiary/aromatic N) is 2. The van der Waals surface area contributed by atoms with E-state index in [0.29, 0.717) is 17.1 Å². The van der Waals surface area contributed by atoms with Crippen molar-refractivity contribution in [2.45, 2.75) is 44.7 Å². The van der Waals surface area contributed by atoms with Crippen molar-refractivity contribution in [3.63, 3.8) is 0 Å². The van der Waals surface area contributed by atoms with Gasteiger partial charge < -0.3 is 5.73 Å². The number of aryl methyl sites for hydroxylation is 1. The van der Waals surface area contributed by atoms with Crippen LogP contribution in [0.25, 0.3) is 0 Å². The summed E-state index contributed by atoms with van der Waals surface area (Å²) >= 11 is 1.60. The molecule has 21 heavy (non-hydrogen) atoms. The minimum atomic E-state index is 0.621. The van der Waals surface area contributed by atoms with Crippen molar-refractivity contribution in [2.24, 2.45) is 0 Å². The lowest BCUT2D eigenvalue weighted by Gasteiger charge is -2.29. The van der Waals surface area contributed by atoms with Crippen molar-refractivity contribution >= 4 is 16.5 Å². The lowest BCUT2D eigenvalue weighted by Crippen LogP contribution is -2.32. The number of hydrogen-bond acceptors (Lipinski definition) is 4. The summed E-state index contributed by atoms with van der Waals surface area (Å²) in [4.78, 5) is 7.88. The Labute approximate surface area is 130 Å². The second kappa shape index (κ2) is 6.16. The van der Waals surface area contributed by atoms with Crippen LogP contribution >= 0.6 is 11.3 Å². The summed E-state index contributed by atoms with van der Waals surface area (Å²) in [7, 11) is 2.23. The van der Waals surface area contributed by atoms with Crippen LogP contribution in [0.2, 0.25) is 0 Å². The first-order valence-electron chi connectivity index (χ1n) is 7.60. The molecule has 112 valence electrons. The summed E-state index contributed by atoms with van der Waals surface area (Å²) in [6.45, 7) is 3.10. The molecule has 2 N–H and O–H groups in total. The number of anilines is 1. The minimum absolute atomic E-state index is 0.621. The SMILES string of the molecule is Cc1ccc(C2CCCC2N(C)Cc2cnc(N)s2)cc1. The van der Waals surface area contributed by atoms with Crippen LogP contribution in [0.5, 0.6) is 0 Å². The fourth-order valence-corrected chi connectivity index (χ4v) is 4.18. The molecule has 1 heterocycles. The third kappa shape index (κ3) is 3.27. The van der Waals surface area contributed by atoms with E-state index in [1.54, 1.807) is 11.3 Å². The van der Waals surface area contributed by atoms with Crippen molar-refractivity contribution in [3.8, 4) is 0 Å². The molecule has 0 bridgehead atoms. The molecule has 0 amide bonds. The molecule has 2 aromatic rings. The standard InChI is InChI=1S/C17H23N3S/c1-12-6-8-13(9-7-12)15-4-3-5-16(15)20(2)11-14-10-19-17(18)21-14/h6-10,15-16H,3-5,11H2,1-2H3,(H2,18,19). The summed E-state index contributed by atoms with van der Waals surface area (Å²) < 4.78 is 0. The van der Waals surface area contributed by atoms with Gasteiger partial charge in [0.2, 0.25) is 0 Å². The van der Waals surface area contributed by atoms with Crippen LogP contribution in [0, 0.1) is 6.92 Å². The summed E-state index contributed by atoms with van der Waals surface area (Å²) in [5.41, 5.74) is 8.55. The quantitative estimate of drug-likeness (QED) is 0.934. The van der Waals surface area contributed by atoms with Gasteiger partial charge in [0.05, 0.1) is 0 Å². The smallest absolute Gasteiger partial charge is 0.180 e. The van der Waals surface area contributed by atoms with Gasteiger partial charge in [-0.3, -0.25) is 4.90 Å². The Morgan fingerprint density at radius 2 is 2.05 bits per heavy atom. The van der Waals surface area contributed by atoms with Crippen LogP contribution in [0.4, 0.5) is 5.13 Å². The number of rotatable bonds is 4. The summed E-state index contributed by atoms with van der Waals surface area (Å²) in [6.07, 6.45) is 5.80. The first-order chi connectivity index (χ1) is 10.1. The molecule has 0 saturated heterocycles. The second-order valence-electron chi connectivity index (χ2n) is 6.10. The number of nitrogen functional groups attached to an aromatic ring is 1. The van der Waals surface area contributed by atoms with E-state index in [0.717, 1.165) is 6.54 Å². The van der Waals surface area contributed by atoms with Crippen LogP contribution in [0.15, 0.2) is 30.5 Å². The van der Waals surface area contributed by atoms with Crippen LogP contribution in [-0.2, 0) is 6.54 Å². The molecule has 1 aliphatic carbocycles. The molecule has 0 spiro atoms. The Balaban J connectivity index is 1.72. The summed E-state index contributed by atoms with van der Waals surface area (Å²) in [6, 6.07) is 9.69. The highest BCUT2D eigenvalue weighted by atomic mass is 32.1. The average Bonchev–Trinajstić information content (AvgIpc) is 3.09. The molecule has 1 aromatic heterocycles. The number of aromatic nitrogens is 1. The predicted molar refractivity (Wildman–Crippen MR) is 89.6 cm³/mol. The number of hydrogen-bond donors (Lipinski definition) is 1. The highest BCUT2D eigenvalue weighted by Crippen LogP contribution is 2.38. The van der Waals surface area contributed by atoms with Crippen molar-refractivity contribution in [1.82, 2.24) is 9.88 Å². The van der Waals surface area contributed by atoms with Crippen molar-refractivity contribution in [3.05, 3.63) is 46.5 Å². The molecule has 2 atom stereocenters. The first kappa shape index (κ1) is 14.5. The van der Waals surface area contributed by atoms with Gasteiger partial charge in [-0.1, -0.05) is 36.2 Å². The minimum Gasteiger partial charge on any atom is -0.375 e. The Bertz CT molecular complexity index is 590. The van der Waals surface area contributed by atoms with Crippen molar-refractivity contribution in [1.29, 1.82) is 0 Å². The normalized spacial score (nSPS) is 22.0. The van der Waals surface area contributed by atoms with E-state index in [1.165, 1.54) is 35.3 Å². The molecule has 4 heteroatoms. The monoisotopic (exact) mass is 301 g/mol. The van der Waals surface area contributed by atoms with E-state index in [-0.39, 0.29) is 0 Å². The second-order valence-corrected chi connectivity index (χ2v) is 7.24. The van der Waals surface area contributed by atoms with Gasteiger partial charge >= 0.3 is 0 Å². The maximum atomic E-state index is 5.73. The summed E-state index contributed by atoms with van der Waals surface area (Å²) in [5, 5.41) is 0.667. The van der Waals surface area contributed by atoms with Crippen LogP contribution in [0.3, 0.4) is 0 Å². The van der Waals surface area contributed by atoms with Crippen LogP contribution < -0.4 is 5.73 Å². The van der Waals surface area contributed by atoms with Gasteiger partial charge in [-0.15, -0.1) is 11.3 Å². The van der Waals surface area contributed by atoms with E-state index in [9.17, 15) is 0 Å². The van der Waals surface area contributed by atoms with Gasteiger partial charge in [0.25, 0.3) is 0 Å². The molecule has 1 fully saturated rings. The highest BCUT2D eigenvalue weighted by Gasteiger charge is 2.31. The molecule has 1 aliphatic rings. The highest BCUT2D eigenvalue weighted by molar-refractivity contribution is 7.15. The fraction of sp³-hybridized carbons (Fsp3) is 0.471. The molecule has 0 radical (unpaired) electrons. The first-order valence-corrected chi connectivity index (χ1v) is 8.42. The molecule has 3 nitrogen and oxygen atoms in total. The van der Waals surface area contributed by atoms with Gasteiger partial charge in [0, 0.05) is 23.7 Å². The molecular formula is C17H23N3S. The van der Waals surface area contributed by atoms with E-state index in [2.05, 4.69) is 48.1 Å². The van der Waals surface area contributed by atoms with Crippen molar-refractivity contribution in [2.75, 3.05) is 12.8 Å².